The SMILES string of the molecule is O=C(Cc1cccc(F)c1)N1CCC[C@H](c2ccnc(Nc3ccccc3)n2)C1. The lowest BCUT2D eigenvalue weighted by Crippen LogP contribution is -2.40. The first-order chi connectivity index (χ1) is 14.2. The first-order valence-corrected chi connectivity index (χ1v) is 9.84. The van der Waals surface area contributed by atoms with Crippen LogP contribution in [0.15, 0.2) is 66.9 Å². The van der Waals surface area contributed by atoms with E-state index in [9.17, 15) is 9.18 Å². The molecule has 0 radical (unpaired) electrons. The molecule has 0 saturated carbocycles. The molecule has 1 aliphatic heterocycles. The molecule has 6 heteroatoms. The molecule has 29 heavy (non-hydrogen) atoms. The lowest BCUT2D eigenvalue weighted by Gasteiger charge is -2.32. The zero-order valence-electron chi connectivity index (χ0n) is 16.1. The largest absolute Gasteiger partial charge is 0.342 e. The second-order valence-corrected chi connectivity index (χ2v) is 7.28. The van der Waals surface area contributed by atoms with Crippen molar-refractivity contribution >= 4 is 17.5 Å². The molecule has 1 N–H and O–H groups in total. The van der Waals surface area contributed by atoms with Crippen molar-refractivity contribution in [1.82, 2.24) is 14.9 Å². The fourth-order valence-corrected chi connectivity index (χ4v) is 3.69. The van der Waals surface area contributed by atoms with Crippen LogP contribution in [0.2, 0.25) is 0 Å². The van der Waals surface area contributed by atoms with Crippen LogP contribution in [0.1, 0.15) is 30.0 Å². The number of nitrogens with one attached hydrogen (secondary N) is 1. The molecule has 2 aromatic carbocycles. The Morgan fingerprint density at radius 2 is 2.00 bits per heavy atom. The Morgan fingerprint density at radius 1 is 1.14 bits per heavy atom. The second-order valence-electron chi connectivity index (χ2n) is 7.28. The van der Waals surface area contributed by atoms with Gasteiger partial charge in [0.05, 0.1) is 12.1 Å². The van der Waals surface area contributed by atoms with Crippen molar-refractivity contribution in [3.63, 3.8) is 0 Å². The van der Waals surface area contributed by atoms with Crippen molar-refractivity contribution in [3.8, 4) is 0 Å². The number of rotatable bonds is 5. The molecule has 0 aliphatic carbocycles. The number of halogens is 1. The van der Waals surface area contributed by atoms with Crippen molar-refractivity contribution < 1.29 is 9.18 Å². The number of nitrogens with zero attached hydrogens (tertiary/aromatic N) is 3. The number of carbonyl (C=O) groups excluding carboxylic acids is 1. The number of aromatic nitrogens is 2. The summed E-state index contributed by atoms with van der Waals surface area (Å²) in [5.41, 5.74) is 2.57. The van der Waals surface area contributed by atoms with E-state index < -0.39 is 0 Å². The molecule has 3 aromatic rings. The minimum Gasteiger partial charge on any atom is -0.342 e. The van der Waals surface area contributed by atoms with E-state index in [1.165, 1.54) is 12.1 Å². The average molecular weight is 390 g/mol. The molecule has 0 unspecified atom stereocenters. The summed E-state index contributed by atoms with van der Waals surface area (Å²) in [6, 6.07) is 17.9. The van der Waals surface area contributed by atoms with Gasteiger partial charge >= 0.3 is 0 Å². The highest BCUT2D eigenvalue weighted by molar-refractivity contribution is 5.79. The van der Waals surface area contributed by atoms with Crippen LogP contribution < -0.4 is 5.32 Å². The molecule has 2 heterocycles. The minimum atomic E-state index is -0.314. The van der Waals surface area contributed by atoms with Gasteiger partial charge in [0.2, 0.25) is 11.9 Å². The van der Waals surface area contributed by atoms with E-state index >= 15 is 0 Å². The van der Waals surface area contributed by atoms with Gasteiger partial charge in [0.25, 0.3) is 0 Å². The van der Waals surface area contributed by atoms with E-state index in [2.05, 4.69) is 15.3 Å². The van der Waals surface area contributed by atoms with Gasteiger partial charge < -0.3 is 10.2 Å². The number of carbonyl (C=O) groups is 1. The van der Waals surface area contributed by atoms with Crippen molar-refractivity contribution in [2.24, 2.45) is 0 Å². The third kappa shape index (κ3) is 4.96. The molecule has 1 saturated heterocycles. The van der Waals surface area contributed by atoms with Crippen LogP contribution in [0, 0.1) is 5.82 Å². The molecular weight excluding hydrogens is 367 g/mol. The Labute approximate surface area is 169 Å². The third-order valence-corrected chi connectivity index (χ3v) is 5.14. The Bertz CT molecular complexity index is 979. The van der Waals surface area contributed by atoms with E-state index in [-0.39, 0.29) is 24.1 Å². The Balaban J connectivity index is 1.43. The first-order valence-electron chi connectivity index (χ1n) is 9.84. The van der Waals surface area contributed by atoms with Crippen LogP contribution in [0.25, 0.3) is 0 Å². The summed E-state index contributed by atoms with van der Waals surface area (Å²) in [5.74, 6) is 0.430. The molecule has 1 atom stereocenters. The number of anilines is 2. The lowest BCUT2D eigenvalue weighted by molar-refractivity contribution is -0.131. The topological polar surface area (TPSA) is 58.1 Å². The maximum absolute atomic E-state index is 13.4. The maximum atomic E-state index is 13.4. The van der Waals surface area contributed by atoms with Gasteiger partial charge in [-0.2, -0.15) is 0 Å². The third-order valence-electron chi connectivity index (χ3n) is 5.14. The van der Waals surface area contributed by atoms with Crippen molar-refractivity contribution in [2.75, 3.05) is 18.4 Å². The van der Waals surface area contributed by atoms with E-state index in [1.807, 2.05) is 41.3 Å². The number of para-hydroxylation sites is 1. The molecule has 1 aliphatic rings. The van der Waals surface area contributed by atoms with E-state index in [0.29, 0.717) is 18.1 Å². The molecule has 148 valence electrons. The summed E-state index contributed by atoms with van der Waals surface area (Å²) in [4.78, 5) is 23.6. The number of hydrogen-bond acceptors (Lipinski definition) is 4. The highest BCUT2D eigenvalue weighted by Gasteiger charge is 2.26. The van der Waals surface area contributed by atoms with E-state index in [4.69, 9.17) is 0 Å². The summed E-state index contributed by atoms with van der Waals surface area (Å²) < 4.78 is 13.4. The monoisotopic (exact) mass is 390 g/mol. The standard InChI is InChI=1S/C23H23FN4O/c24-19-8-4-6-17(14-19)15-22(29)28-13-5-7-18(16-28)21-11-12-25-23(27-21)26-20-9-2-1-3-10-20/h1-4,6,8-12,14,18H,5,7,13,15-16H2,(H,25,26,27)/t18-/m0/s1. The number of benzene rings is 2. The van der Waals surface area contributed by atoms with Crippen molar-refractivity contribution in [3.05, 3.63) is 83.9 Å². The number of amides is 1. The smallest absolute Gasteiger partial charge is 0.227 e. The predicted octanol–water partition coefficient (Wildman–Crippen LogP) is 4.31. The second kappa shape index (κ2) is 8.82. The molecule has 0 spiro atoms. The van der Waals surface area contributed by atoms with Gasteiger partial charge in [0.1, 0.15) is 5.82 Å². The van der Waals surface area contributed by atoms with Gasteiger partial charge in [-0.15, -0.1) is 0 Å². The van der Waals surface area contributed by atoms with Crippen LogP contribution >= 0.6 is 0 Å². The summed E-state index contributed by atoms with van der Waals surface area (Å²) >= 11 is 0. The highest BCUT2D eigenvalue weighted by Crippen LogP contribution is 2.27. The predicted molar refractivity (Wildman–Crippen MR) is 110 cm³/mol. The zero-order valence-corrected chi connectivity index (χ0v) is 16.1. The van der Waals surface area contributed by atoms with E-state index in [1.54, 1.807) is 18.3 Å². The van der Waals surface area contributed by atoms with Crippen LogP contribution in [-0.4, -0.2) is 33.9 Å². The maximum Gasteiger partial charge on any atom is 0.227 e. The summed E-state index contributed by atoms with van der Waals surface area (Å²) in [6.45, 7) is 1.35. The Kier molecular flexibility index (Phi) is 5.79. The van der Waals surface area contributed by atoms with Gasteiger partial charge in [0, 0.05) is 30.9 Å². The lowest BCUT2D eigenvalue weighted by atomic mass is 9.94. The van der Waals surface area contributed by atoms with Crippen LogP contribution in [0.4, 0.5) is 16.0 Å². The normalized spacial score (nSPS) is 16.4. The van der Waals surface area contributed by atoms with Crippen LogP contribution in [-0.2, 0) is 11.2 Å². The molecule has 0 bridgehead atoms. The molecule has 1 amide bonds. The van der Waals surface area contributed by atoms with Gasteiger partial charge in [0.15, 0.2) is 0 Å². The van der Waals surface area contributed by atoms with Crippen molar-refractivity contribution in [1.29, 1.82) is 0 Å². The minimum absolute atomic E-state index is 0.0250. The summed E-state index contributed by atoms with van der Waals surface area (Å²) in [5, 5.41) is 3.22. The van der Waals surface area contributed by atoms with Gasteiger partial charge in [-0.1, -0.05) is 30.3 Å². The van der Waals surface area contributed by atoms with Crippen LogP contribution in [0.5, 0.6) is 0 Å². The average Bonchev–Trinajstić information content (AvgIpc) is 2.75. The Morgan fingerprint density at radius 3 is 2.83 bits per heavy atom. The molecule has 1 aromatic heterocycles. The number of likely N-dealkylation sites (tertiary alicyclic amines) is 1. The summed E-state index contributed by atoms with van der Waals surface area (Å²) in [6.07, 6.45) is 3.87. The molecule has 5 nitrogen and oxygen atoms in total. The number of piperidine rings is 1. The van der Waals surface area contributed by atoms with Crippen molar-refractivity contribution in [2.45, 2.75) is 25.2 Å². The fourth-order valence-electron chi connectivity index (χ4n) is 3.69. The summed E-state index contributed by atoms with van der Waals surface area (Å²) in [7, 11) is 0. The fraction of sp³-hybridized carbons (Fsp3) is 0.261. The molecule has 4 rings (SSSR count). The van der Waals surface area contributed by atoms with E-state index in [0.717, 1.165) is 30.8 Å². The quantitative estimate of drug-likeness (QED) is 0.705. The zero-order chi connectivity index (χ0) is 20.1. The number of hydrogen-bond donors (Lipinski definition) is 1. The Hall–Kier alpha value is -3.28. The van der Waals surface area contributed by atoms with Crippen LogP contribution in [0.3, 0.4) is 0 Å². The van der Waals surface area contributed by atoms with Gasteiger partial charge in [-0.25, -0.2) is 14.4 Å². The molecular formula is C23H23FN4O. The molecule has 1 fully saturated rings. The first kappa shape index (κ1) is 19.1. The van der Waals surface area contributed by atoms with Gasteiger partial charge in [-0.05, 0) is 48.7 Å². The van der Waals surface area contributed by atoms with Gasteiger partial charge in [-0.3, -0.25) is 4.79 Å². The highest BCUT2D eigenvalue weighted by atomic mass is 19.1.